The van der Waals surface area contributed by atoms with Crippen molar-refractivity contribution in [2.24, 2.45) is 0 Å². The van der Waals surface area contributed by atoms with E-state index in [0.29, 0.717) is 0 Å². The molecule has 0 nitrogen and oxygen atoms in total. The molecule has 0 spiro atoms. The molecule has 0 amide bonds. The number of unbranched alkanes of at least 4 members (excludes halogenated alkanes) is 8. The van der Waals surface area contributed by atoms with Gasteiger partial charge in [-0.05, 0) is 6.42 Å². The van der Waals surface area contributed by atoms with Crippen molar-refractivity contribution in [3.05, 3.63) is 60.2 Å². The predicted octanol–water partition coefficient (Wildman–Crippen LogP) is 7.26. The van der Waals surface area contributed by atoms with Gasteiger partial charge in [0.15, 0.2) is 0 Å². The van der Waals surface area contributed by atoms with Gasteiger partial charge in [-0.15, -0.1) is 0 Å². The van der Waals surface area contributed by atoms with Crippen molar-refractivity contribution in [2.75, 3.05) is 5.33 Å². The summed E-state index contributed by atoms with van der Waals surface area (Å²) in [7, 11) is 0. The van der Waals surface area contributed by atoms with Crippen molar-refractivity contribution >= 4 is 15.9 Å². The molecule has 0 aliphatic heterocycles. The summed E-state index contributed by atoms with van der Waals surface area (Å²) < 4.78 is 0. The summed E-state index contributed by atoms with van der Waals surface area (Å²) in [5.41, 5.74) is 1.51. The van der Waals surface area contributed by atoms with Crippen LogP contribution in [0.15, 0.2) is 54.6 Å². The number of alkyl halides is 1. The average molecular weight is 419 g/mol. The molecule has 0 saturated carbocycles. The molecule has 0 unspecified atom stereocenters. The van der Waals surface area contributed by atoms with Crippen LogP contribution in [0.3, 0.4) is 0 Å². The summed E-state index contributed by atoms with van der Waals surface area (Å²) in [4.78, 5) is 0. The smallest absolute Gasteiger partial charge is 0.214 e. The van der Waals surface area contributed by atoms with Crippen LogP contribution in [0, 0.1) is 0 Å². The monoisotopic (exact) mass is 418 g/mol. The molecule has 0 N–H and O–H groups in total. The molecule has 0 aromatic heterocycles. The Morgan fingerprint density at radius 1 is 0.652 bits per heavy atom. The molecule has 0 aliphatic carbocycles. The van der Waals surface area contributed by atoms with Gasteiger partial charge in [-0.25, -0.2) is 24.3 Å². The van der Waals surface area contributed by atoms with Crippen molar-refractivity contribution in [3.63, 3.8) is 0 Å². The fourth-order valence-corrected chi connectivity index (χ4v) is 2.96. The third-order valence-corrected chi connectivity index (χ3v) is 4.45. The second-order valence-corrected chi connectivity index (χ2v) is 6.67. The van der Waals surface area contributed by atoms with Gasteiger partial charge in [0.1, 0.15) is 0 Å². The summed E-state index contributed by atoms with van der Waals surface area (Å²) >= 11 is 3.48. The number of hydrogen-bond acceptors (Lipinski definition) is 0. The molecule has 2 rings (SSSR count). The predicted molar refractivity (Wildman–Crippen MR) is 103 cm³/mol. The van der Waals surface area contributed by atoms with Gasteiger partial charge in [-0.1, -0.05) is 73.7 Å². The molecule has 0 atom stereocenters. The Kier molecular flexibility index (Phi) is 17.8. The number of hydrogen-bond donors (Lipinski definition) is 0. The third kappa shape index (κ3) is 15.0. The maximum absolute atomic E-state index is 3.48. The molecule has 2 heteroatoms. The quantitative estimate of drug-likeness (QED) is 0.156. The van der Waals surface area contributed by atoms with E-state index < -0.39 is 0 Å². The van der Waals surface area contributed by atoms with Gasteiger partial charge in [0.2, 0.25) is 0 Å². The molecule has 0 aliphatic rings. The van der Waals surface area contributed by atoms with E-state index in [4.69, 9.17) is 0 Å². The fraction of sp³-hybridized carbons (Fsp3) is 0.524. The standard InChI is InChI=1S/C16H26Br.C5H5.Fe/c17-15-11-7-5-3-1-2-4-6-8-12-16-13-9-10-14-16;1-2-4-5-3-1;/h9-10,13-14H,1-8,11-12,15H2;1-5H;/q2*-1;+2. The van der Waals surface area contributed by atoms with E-state index in [2.05, 4.69) is 40.2 Å². The van der Waals surface area contributed by atoms with Crippen LogP contribution in [0.1, 0.15) is 63.4 Å². The van der Waals surface area contributed by atoms with Crippen LogP contribution < -0.4 is 0 Å². The van der Waals surface area contributed by atoms with Crippen molar-refractivity contribution < 1.29 is 17.1 Å². The Morgan fingerprint density at radius 2 is 1.13 bits per heavy atom. The minimum absolute atomic E-state index is 0. The van der Waals surface area contributed by atoms with Gasteiger partial charge in [-0.2, -0.15) is 35.9 Å². The first-order valence-corrected chi connectivity index (χ1v) is 9.99. The molecule has 23 heavy (non-hydrogen) atoms. The molecule has 0 bridgehead atoms. The minimum Gasteiger partial charge on any atom is -0.214 e. The third-order valence-electron chi connectivity index (χ3n) is 3.89. The molecular formula is C21H31BrFe. The minimum atomic E-state index is 0. The molecule has 130 valence electrons. The molecule has 2 aromatic carbocycles. The van der Waals surface area contributed by atoms with Gasteiger partial charge < -0.3 is 0 Å². The second-order valence-electron chi connectivity index (χ2n) is 5.88. The van der Waals surface area contributed by atoms with Gasteiger partial charge >= 0.3 is 17.1 Å². The number of rotatable bonds is 11. The van der Waals surface area contributed by atoms with Crippen LogP contribution in [0.2, 0.25) is 0 Å². The maximum Gasteiger partial charge on any atom is 2.00 e. The summed E-state index contributed by atoms with van der Waals surface area (Å²) in [5.74, 6) is 0. The summed E-state index contributed by atoms with van der Waals surface area (Å²) in [6.07, 6.45) is 14.0. The van der Waals surface area contributed by atoms with Gasteiger partial charge in [0, 0.05) is 5.33 Å². The van der Waals surface area contributed by atoms with E-state index >= 15 is 0 Å². The zero-order valence-corrected chi connectivity index (χ0v) is 16.9. The topological polar surface area (TPSA) is 0 Å². The van der Waals surface area contributed by atoms with E-state index in [1.165, 1.54) is 75.1 Å². The number of halogens is 1. The van der Waals surface area contributed by atoms with Crippen LogP contribution in [0.4, 0.5) is 0 Å². The zero-order chi connectivity index (χ0) is 15.7. The fourth-order valence-electron chi connectivity index (χ4n) is 2.56. The Morgan fingerprint density at radius 3 is 1.57 bits per heavy atom. The second kappa shape index (κ2) is 18.0. The summed E-state index contributed by atoms with van der Waals surface area (Å²) in [6, 6.07) is 18.8. The van der Waals surface area contributed by atoms with Gasteiger partial charge in [0.25, 0.3) is 0 Å². The van der Waals surface area contributed by atoms with Crippen LogP contribution in [0.5, 0.6) is 0 Å². The van der Waals surface area contributed by atoms with Crippen molar-refractivity contribution in [1.29, 1.82) is 0 Å². The van der Waals surface area contributed by atoms with Crippen LogP contribution >= 0.6 is 15.9 Å². The van der Waals surface area contributed by atoms with Crippen LogP contribution in [0.25, 0.3) is 0 Å². The van der Waals surface area contributed by atoms with E-state index in [9.17, 15) is 0 Å². The van der Waals surface area contributed by atoms with E-state index in [1.807, 2.05) is 30.3 Å². The van der Waals surface area contributed by atoms with Crippen molar-refractivity contribution in [1.82, 2.24) is 0 Å². The Hall–Kier alpha value is -0.301. The maximum atomic E-state index is 3.48. The van der Waals surface area contributed by atoms with E-state index in [1.54, 1.807) is 0 Å². The number of aryl methyl sites for hydroxylation is 1. The van der Waals surface area contributed by atoms with E-state index in [0.717, 1.165) is 0 Å². The van der Waals surface area contributed by atoms with Crippen molar-refractivity contribution in [2.45, 2.75) is 64.2 Å². The van der Waals surface area contributed by atoms with Crippen molar-refractivity contribution in [3.8, 4) is 0 Å². The normalized spacial score (nSPS) is 9.78. The SMILES string of the molecule is BrCCCCCCCCCCC[c-]1cccc1.[Fe+2].c1cc[cH-]c1. The molecule has 0 fully saturated rings. The molecule has 0 heterocycles. The molecular weight excluding hydrogens is 388 g/mol. The first-order valence-electron chi connectivity index (χ1n) is 8.86. The molecule has 0 radical (unpaired) electrons. The summed E-state index contributed by atoms with van der Waals surface area (Å²) in [6.45, 7) is 0. The Bertz CT molecular complexity index is 374. The Balaban J connectivity index is 0.000000684. The first-order chi connectivity index (χ1) is 10.9. The Labute approximate surface area is 162 Å². The van der Waals surface area contributed by atoms with Crippen LogP contribution in [-0.2, 0) is 23.5 Å². The van der Waals surface area contributed by atoms with Gasteiger partial charge in [0.05, 0.1) is 0 Å². The molecule has 0 saturated heterocycles. The van der Waals surface area contributed by atoms with Crippen LogP contribution in [-0.4, -0.2) is 5.33 Å². The van der Waals surface area contributed by atoms with E-state index in [-0.39, 0.29) is 17.1 Å². The average Bonchev–Trinajstić information content (AvgIpc) is 3.25. The molecule has 2 aromatic rings. The zero-order valence-electron chi connectivity index (χ0n) is 14.2. The van der Waals surface area contributed by atoms with Gasteiger partial charge in [-0.3, -0.25) is 0 Å². The largest absolute Gasteiger partial charge is 2.00 e. The first kappa shape index (κ1) is 22.7. The summed E-state index contributed by atoms with van der Waals surface area (Å²) in [5, 5.41) is 1.18.